The summed E-state index contributed by atoms with van der Waals surface area (Å²) in [6, 6.07) is -1.91. The van der Waals surface area contributed by atoms with Crippen LogP contribution < -0.4 is 5.32 Å². The third-order valence-electron chi connectivity index (χ3n) is 6.11. The monoisotopic (exact) mass is 473 g/mol. The average molecular weight is 474 g/mol. The molecule has 1 heterocycles. The fourth-order valence-electron chi connectivity index (χ4n) is 4.14. The van der Waals surface area contributed by atoms with E-state index in [1.807, 2.05) is 6.92 Å². The second-order valence-electron chi connectivity index (χ2n) is 8.73. The van der Waals surface area contributed by atoms with Gasteiger partial charge in [0.15, 0.2) is 40.9 Å². The van der Waals surface area contributed by atoms with Crippen LogP contribution in [0.15, 0.2) is 0 Å². The van der Waals surface area contributed by atoms with Gasteiger partial charge in [0.25, 0.3) is 0 Å². The molecule has 0 bridgehead atoms. The van der Waals surface area contributed by atoms with Crippen molar-refractivity contribution < 1.29 is 44.3 Å². The smallest absolute Gasteiger partial charge is 0.217 e. The van der Waals surface area contributed by atoms with Gasteiger partial charge >= 0.3 is 0 Å². The van der Waals surface area contributed by atoms with E-state index in [9.17, 15) is 39.6 Å². The first-order valence-electron chi connectivity index (χ1n) is 11.8. The van der Waals surface area contributed by atoms with Crippen LogP contribution in [-0.4, -0.2) is 79.4 Å². The number of ketones is 3. The summed E-state index contributed by atoms with van der Waals surface area (Å²) in [7, 11) is 0. The summed E-state index contributed by atoms with van der Waals surface area (Å²) in [5.41, 5.74) is -6.18. The van der Waals surface area contributed by atoms with E-state index in [0.29, 0.717) is 32.1 Å². The van der Waals surface area contributed by atoms with Crippen LogP contribution in [0.1, 0.15) is 85.5 Å². The lowest BCUT2D eigenvalue weighted by atomic mass is 9.64. The normalized spacial score (nSPS) is 30.5. The Labute approximate surface area is 194 Å². The summed E-state index contributed by atoms with van der Waals surface area (Å²) in [6.45, 7) is 6.48. The predicted octanol–water partition coefficient (Wildman–Crippen LogP) is 0.309. The number of rotatable bonds is 14. The van der Waals surface area contributed by atoms with Gasteiger partial charge < -0.3 is 30.5 Å². The van der Waals surface area contributed by atoms with Crippen molar-refractivity contribution in [2.45, 2.75) is 121 Å². The SMILES string of the molecule is CCCCC(=O)[C@@]1(O)[C@@H](C(=O)C(O)CCCC)O[C@H](O)[C@H](NC(C)=O)[C@]1(O)C(=O)CCCC. The van der Waals surface area contributed by atoms with Crippen LogP contribution in [0, 0.1) is 0 Å². The number of aliphatic hydroxyl groups excluding tert-OH is 2. The zero-order valence-corrected chi connectivity index (χ0v) is 20.0. The molecule has 1 rings (SSSR count). The van der Waals surface area contributed by atoms with Gasteiger partial charge in [0.1, 0.15) is 12.1 Å². The summed E-state index contributed by atoms with van der Waals surface area (Å²) in [4.78, 5) is 51.4. The number of carbonyl (C=O) groups is 4. The minimum absolute atomic E-state index is 0.00184. The number of amides is 1. The van der Waals surface area contributed by atoms with E-state index in [4.69, 9.17) is 4.74 Å². The number of hydrogen-bond acceptors (Lipinski definition) is 9. The summed E-state index contributed by atoms with van der Waals surface area (Å²) < 4.78 is 5.28. The minimum Gasteiger partial charge on any atom is -0.385 e. The van der Waals surface area contributed by atoms with Gasteiger partial charge in [0.05, 0.1) is 0 Å². The van der Waals surface area contributed by atoms with Crippen molar-refractivity contribution in [3.63, 3.8) is 0 Å². The Hall–Kier alpha value is -1.72. The van der Waals surface area contributed by atoms with Crippen LogP contribution in [0.4, 0.5) is 0 Å². The number of Topliss-reactive ketones (excluding diaryl/α,β-unsaturated/α-hetero) is 3. The number of nitrogens with one attached hydrogen (secondary N) is 1. The summed E-state index contributed by atoms with van der Waals surface area (Å²) in [6.07, 6.45) is -3.75. The molecule has 0 spiro atoms. The van der Waals surface area contributed by atoms with Crippen LogP contribution in [0.5, 0.6) is 0 Å². The molecular weight excluding hydrogens is 434 g/mol. The molecule has 190 valence electrons. The number of ether oxygens (including phenoxy) is 1. The molecule has 5 N–H and O–H groups in total. The third kappa shape index (κ3) is 6.05. The molecule has 1 unspecified atom stereocenters. The Morgan fingerprint density at radius 3 is 1.85 bits per heavy atom. The molecule has 33 heavy (non-hydrogen) atoms. The number of hydrogen-bond donors (Lipinski definition) is 5. The Bertz CT molecular complexity index is 712. The molecule has 10 nitrogen and oxygen atoms in total. The van der Waals surface area contributed by atoms with Crippen LogP contribution in [-0.2, 0) is 23.9 Å². The van der Waals surface area contributed by atoms with Crippen molar-refractivity contribution >= 4 is 23.3 Å². The Morgan fingerprint density at radius 2 is 1.39 bits per heavy atom. The van der Waals surface area contributed by atoms with E-state index in [1.165, 1.54) is 0 Å². The van der Waals surface area contributed by atoms with Crippen molar-refractivity contribution in [1.82, 2.24) is 5.32 Å². The summed E-state index contributed by atoms with van der Waals surface area (Å²) in [5.74, 6) is -3.95. The number of unbranched alkanes of at least 4 members (excludes halogenated alkanes) is 3. The second kappa shape index (κ2) is 12.7. The second-order valence-corrected chi connectivity index (χ2v) is 8.73. The fourth-order valence-corrected chi connectivity index (χ4v) is 4.14. The van der Waals surface area contributed by atoms with Gasteiger partial charge in [-0.3, -0.25) is 19.2 Å². The quantitative estimate of drug-likeness (QED) is 0.238. The highest BCUT2D eigenvalue weighted by molar-refractivity contribution is 6.06. The highest BCUT2D eigenvalue weighted by atomic mass is 16.6. The van der Waals surface area contributed by atoms with E-state index in [0.717, 1.165) is 6.92 Å². The van der Waals surface area contributed by atoms with Crippen molar-refractivity contribution in [3.8, 4) is 0 Å². The first-order valence-corrected chi connectivity index (χ1v) is 11.8. The van der Waals surface area contributed by atoms with E-state index in [2.05, 4.69) is 5.32 Å². The zero-order chi connectivity index (χ0) is 25.4. The maximum absolute atomic E-state index is 13.3. The summed E-state index contributed by atoms with van der Waals surface area (Å²) in [5, 5.41) is 46.6. The molecule has 1 amide bonds. The lowest BCUT2D eigenvalue weighted by Crippen LogP contribution is -2.83. The lowest BCUT2D eigenvalue weighted by molar-refractivity contribution is -0.297. The lowest BCUT2D eigenvalue weighted by Gasteiger charge is -2.54. The van der Waals surface area contributed by atoms with Crippen molar-refractivity contribution in [2.24, 2.45) is 0 Å². The molecule has 0 radical (unpaired) electrons. The molecule has 6 atom stereocenters. The summed E-state index contributed by atoms with van der Waals surface area (Å²) >= 11 is 0. The van der Waals surface area contributed by atoms with Gasteiger partial charge in [0, 0.05) is 19.8 Å². The van der Waals surface area contributed by atoms with E-state index >= 15 is 0 Å². The van der Waals surface area contributed by atoms with Gasteiger partial charge in [-0.15, -0.1) is 0 Å². The Kier molecular flexibility index (Phi) is 11.2. The topological polar surface area (TPSA) is 170 Å². The fraction of sp³-hybridized carbons (Fsp3) is 0.826. The van der Waals surface area contributed by atoms with Gasteiger partial charge in [0.2, 0.25) is 5.91 Å². The molecule has 0 saturated carbocycles. The maximum atomic E-state index is 13.3. The number of aliphatic hydroxyl groups is 4. The molecule has 10 heteroatoms. The molecular formula is C23H39NO9. The maximum Gasteiger partial charge on any atom is 0.217 e. The number of carbonyl (C=O) groups excluding carboxylic acids is 4. The van der Waals surface area contributed by atoms with Gasteiger partial charge in [-0.1, -0.05) is 46.5 Å². The zero-order valence-electron chi connectivity index (χ0n) is 20.0. The van der Waals surface area contributed by atoms with Crippen LogP contribution >= 0.6 is 0 Å². The average Bonchev–Trinajstić information content (AvgIpc) is 2.78. The Morgan fingerprint density at radius 1 is 0.909 bits per heavy atom. The van der Waals surface area contributed by atoms with Gasteiger partial charge in [-0.25, -0.2) is 0 Å². The van der Waals surface area contributed by atoms with E-state index < -0.39 is 59.0 Å². The van der Waals surface area contributed by atoms with Crippen LogP contribution in [0.2, 0.25) is 0 Å². The molecule has 0 aromatic rings. The van der Waals surface area contributed by atoms with Gasteiger partial charge in [-0.05, 0) is 19.3 Å². The largest absolute Gasteiger partial charge is 0.385 e. The van der Waals surface area contributed by atoms with Crippen LogP contribution in [0.3, 0.4) is 0 Å². The molecule has 0 aromatic carbocycles. The molecule has 0 aliphatic carbocycles. The van der Waals surface area contributed by atoms with Crippen molar-refractivity contribution in [3.05, 3.63) is 0 Å². The molecule has 1 fully saturated rings. The standard InChI is InChI=1S/C23H39NO9/c1-5-8-11-15(26)18(29)20-23(32,17(28)13-10-7-3)22(31,16(27)12-9-6-2)19(21(30)33-20)24-14(4)25/h15,19-21,26,30-32H,5-13H2,1-4H3,(H,24,25)/t15?,19-,20+,21-,22+,23+/m0/s1. The van der Waals surface area contributed by atoms with E-state index in [1.54, 1.807) is 13.8 Å². The molecule has 1 saturated heterocycles. The molecule has 1 aliphatic heterocycles. The Balaban J connectivity index is 3.70. The predicted molar refractivity (Wildman–Crippen MR) is 118 cm³/mol. The van der Waals surface area contributed by atoms with Gasteiger partial charge in [-0.2, -0.15) is 0 Å². The minimum atomic E-state index is -3.12. The molecule has 1 aliphatic rings. The third-order valence-corrected chi connectivity index (χ3v) is 6.11. The first kappa shape index (κ1) is 29.3. The van der Waals surface area contributed by atoms with Crippen molar-refractivity contribution in [1.29, 1.82) is 0 Å². The highest BCUT2D eigenvalue weighted by Gasteiger charge is 2.72. The van der Waals surface area contributed by atoms with Crippen molar-refractivity contribution in [2.75, 3.05) is 0 Å². The first-order chi connectivity index (χ1) is 15.4. The van der Waals surface area contributed by atoms with E-state index in [-0.39, 0.29) is 25.7 Å². The molecule has 0 aromatic heterocycles. The van der Waals surface area contributed by atoms with Crippen LogP contribution in [0.25, 0.3) is 0 Å². The highest BCUT2D eigenvalue weighted by Crippen LogP contribution is 2.42.